The minimum Gasteiger partial charge on any atom is -0.478 e. The van der Waals surface area contributed by atoms with Gasteiger partial charge in [0.1, 0.15) is 11.9 Å². The molecule has 0 heterocycles. The zero-order chi connectivity index (χ0) is 21.8. The van der Waals surface area contributed by atoms with Crippen LogP contribution in [0, 0.1) is 17.1 Å². The molecule has 0 radical (unpaired) electrons. The first-order valence-corrected chi connectivity index (χ1v) is 9.00. The summed E-state index contributed by atoms with van der Waals surface area (Å²) in [7, 11) is 0. The van der Waals surface area contributed by atoms with Crippen LogP contribution < -0.4 is 0 Å². The normalized spacial score (nSPS) is 17.4. The second kappa shape index (κ2) is 11.2. The van der Waals surface area contributed by atoms with Gasteiger partial charge in [-0.25, -0.2) is 9.18 Å². The molecule has 30 heavy (non-hydrogen) atoms. The molecule has 152 valence electrons. The molecule has 0 saturated heterocycles. The van der Waals surface area contributed by atoms with E-state index in [2.05, 4.69) is 16.8 Å². The Bertz CT molecular complexity index is 1010. The molecule has 6 nitrogen and oxygen atoms in total. The molecule has 7 heteroatoms. The highest BCUT2D eigenvalue weighted by Crippen LogP contribution is 2.28. The van der Waals surface area contributed by atoms with Crippen molar-refractivity contribution in [3.05, 3.63) is 102 Å². The van der Waals surface area contributed by atoms with Crippen LogP contribution in [0.5, 0.6) is 0 Å². The molecule has 0 aliphatic heterocycles. The number of benzene rings is 2. The number of hydrogen-bond donors (Lipinski definition) is 1. The number of ether oxygens (including phenoxy) is 1. The molecule has 2 aromatic carbocycles. The molecular formula is C23H20FN3O3. The highest BCUT2D eigenvalue weighted by Gasteiger charge is 2.30. The number of nitriles is 1. The van der Waals surface area contributed by atoms with Gasteiger partial charge in [0.15, 0.2) is 0 Å². The smallest absolute Gasteiger partial charge is 0.335 e. The van der Waals surface area contributed by atoms with Crippen molar-refractivity contribution in [1.82, 2.24) is 0 Å². The molecule has 0 saturated carbocycles. The fraction of sp³-hybridized carbons (Fsp3) is 0.130. The van der Waals surface area contributed by atoms with Crippen LogP contribution in [0.1, 0.15) is 12.0 Å². The number of nitrogens with zero attached hydrogens (tertiary/aromatic N) is 3. The zero-order valence-corrected chi connectivity index (χ0v) is 16.1. The Morgan fingerprint density at radius 3 is 2.50 bits per heavy atom. The number of rotatable bonds is 6. The molecule has 1 atom stereocenters. The predicted octanol–water partition coefficient (Wildman–Crippen LogP) is 5.34. The van der Waals surface area contributed by atoms with Gasteiger partial charge in [-0.1, -0.05) is 42.5 Å². The number of carboxylic acids is 1. The Hall–Kier alpha value is -3.89. The maximum Gasteiger partial charge on any atom is 0.335 e. The van der Waals surface area contributed by atoms with E-state index in [1.807, 2.05) is 30.3 Å². The predicted molar refractivity (Wildman–Crippen MR) is 110 cm³/mol. The third kappa shape index (κ3) is 6.62. The van der Waals surface area contributed by atoms with Crippen LogP contribution >= 0.6 is 0 Å². The topological polar surface area (TPSA) is 95.0 Å². The van der Waals surface area contributed by atoms with Crippen LogP contribution in [0.2, 0.25) is 0 Å². The summed E-state index contributed by atoms with van der Waals surface area (Å²) < 4.78 is 18.0. The van der Waals surface area contributed by atoms with Crippen molar-refractivity contribution in [2.45, 2.75) is 12.1 Å². The maximum absolute atomic E-state index is 12.4. The van der Waals surface area contributed by atoms with Crippen molar-refractivity contribution in [3.63, 3.8) is 0 Å². The average molecular weight is 405 g/mol. The Labute approximate surface area is 174 Å². The molecule has 0 amide bonds. The van der Waals surface area contributed by atoms with Gasteiger partial charge < -0.3 is 9.84 Å². The van der Waals surface area contributed by atoms with Gasteiger partial charge >= 0.3 is 5.97 Å². The van der Waals surface area contributed by atoms with Crippen molar-refractivity contribution >= 4 is 11.7 Å². The first kappa shape index (κ1) is 22.4. The van der Waals surface area contributed by atoms with E-state index in [4.69, 9.17) is 15.1 Å². The molecule has 2 aromatic rings. The quantitative estimate of drug-likeness (QED) is 0.518. The van der Waals surface area contributed by atoms with E-state index >= 15 is 0 Å². The Balaban J connectivity index is 0.000000297. The summed E-state index contributed by atoms with van der Waals surface area (Å²) in [6.45, 7) is 3.91. The molecule has 0 spiro atoms. The van der Waals surface area contributed by atoms with Crippen molar-refractivity contribution in [2.75, 3.05) is 6.61 Å². The van der Waals surface area contributed by atoms with E-state index in [-0.39, 0.29) is 11.1 Å². The van der Waals surface area contributed by atoms with Gasteiger partial charge in [0.25, 0.3) is 0 Å². The minimum absolute atomic E-state index is 0.0949. The molecule has 1 N–H and O–H groups in total. The number of carbonyl (C=O) groups is 1. The highest BCUT2D eigenvalue weighted by atomic mass is 19.1. The second-order valence-corrected chi connectivity index (χ2v) is 6.07. The fourth-order valence-corrected chi connectivity index (χ4v) is 2.37. The summed E-state index contributed by atoms with van der Waals surface area (Å²) in [5, 5.41) is 25.6. The van der Waals surface area contributed by atoms with Gasteiger partial charge in [0.2, 0.25) is 5.72 Å². The number of halogens is 1. The van der Waals surface area contributed by atoms with Gasteiger partial charge in [-0.15, -0.1) is 11.7 Å². The van der Waals surface area contributed by atoms with E-state index in [1.165, 1.54) is 18.2 Å². The first-order chi connectivity index (χ1) is 14.5. The fourth-order valence-electron chi connectivity index (χ4n) is 2.37. The van der Waals surface area contributed by atoms with Crippen molar-refractivity contribution in [1.29, 1.82) is 5.26 Å². The lowest BCUT2D eigenvalue weighted by molar-refractivity contribution is -0.132. The number of azo groups is 1. The molecule has 1 unspecified atom stereocenters. The summed E-state index contributed by atoms with van der Waals surface area (Å²) >= 11 is 0. The van der Waals surface area contributed by atoms with Gasteiger partial charge in [-0.3, -0.25) is 0 Å². The van der Waals surface area contributed by atoms with Crippen LogP contribution in [-0.2, 0) is 9.53 Å². The third-order valence-corrected chi connectivity index (χ3v) is 3.92. The highest BCUT2D eigenvalue weighted by molar-refractivity contribution is 5.90. The van der Waals surface area contributed by atoms with Crippen molar-refractivity contribution < 1.29 is 19.0 Å². The number of carboxylic acid groups (broad SMARTS) is 1. The van der Waals surface area contributed by atoms with Crippen molar-refractivity contribution in [3.8, 4) is 6.07 Å². The summed E-state index contributed by atoms with van der Waals surface area (Å²) in [4.78, 5) is 10.9. The monoisotopic (exact) mass is 405 g/mol. The van der Waals surface area contributed by atoms with Gasteiger partial charge in [0, 0.05) is 6.42 Å². The Morgan fingerprint density at radius 2 is 1.97 bits per heavy atom. The molecule has 1 aliphatic rings. The van der Waals surface area contributed by atoms with Crippen LogP contribution in [0.25, 0.3) is 0 Å². The lowest BCUT2D eigenvalue weighted by Gasteiger charge is -2.26. The summed E-state index contributed by atoms with van der Waals surface area (Å²) in [5.74, 6) is -1.43. The summed E-state index contributed by atoms with van der Waals surface area (Å²) in [6.07, 6.45) is 6.61. The molecule has 3 rings (SSSR count). The van der Waals surface area contributed by atoms with E-state index in [0.29, 0.717) is 18.7 Å². The summed E-state index contributed by atoms with van der Waals surface area (Å²) in [5.41, 5.74) is 0.0453. The molecule has 0 bridgehead atoms. The first-order valence-electron chi connectivity index (χ1n) is 9.00. The van der Waals surface area contributed by atoms with Gasteiger partial charge in [-0.05, 0) is 36.4 Å². The standard InChI is InChI=1S/C16H16N2O3.C7H4FN/c1-2-12-21-16(10-8-13(9-11-16)15(19)20)18-17-14-6-4-3-5-7-14;8-7-4-2-1-3-6(7)5-9/h2-10H,1,11-12H2,(H,19,20);1-4H. The molecule has 1 aliphatic carbocycles. The summed E-state index contributed by atoms with van der Waals surface area (Å²) in [6, 6.07) is 16.9. The van der Waals surface area contributed by atoms with E-state index in [0.717, 1.165) is 0 Å². The van der Waals surface area contributed by atoms with E-state index < -0.39 is 17.5 Å². The largest absolute Gasteiger partial charge is 0.478 e. The number of aliphatic carboxylic acids is 1. The Kier molecular flexibility index (Phi) is 8.36. The number of hydrogen-bond acceptors (Lipinski definition) is 5. The van der Waals surface area contributed by atoms with E-state index in [1.54, 1.807) is 36.4 Å². The van der Waals surface area contributed by atoms with Crippen molar-refractivity contribution in [2.24, 2.45) is 10.2 Å². The SMILES string of the molecule is C=CCOC1(N=Nc2ccccc2)C=CC(C(=O)O)=CC1.N#Cc1ccccc1F. The minimum atomic E-state index is -0.983. The Morgan fingerprint density at radius 1 is 1.27 bits per heavy atom. The lowest BCUT2D eigenvalue weighted by Crippen LogP contribution is -2.29. The van der Waals surface area contributed by atoms with Gasteiger partial charge in [-0.2, -0.15) is 10.4 Å². The van der Waals surface area contributed by atoms with Gasteiger partial charge in [0.05, 0.1) is 23.4 Å². The third-order valence-electron chi connectivity index (χ3n) is 3.92. The average Bonchev–Trinajstić information content (AvgIpc) is 2.78. The molecule has 0 aromatic heterocycles. The zero-order valence-electron chi connectivity index (χ0n) is 16.1. The van der Waals surface area contributed by atoms with Crippen LogP contribution in [0.4, 0.5) is 10.1 Å². The lowest BCUT2D eigenvalue weighted by atomic mass is 10.00. The molecular weight excluding hydrogens is 385 g/mol. The van der Waals surface area contributed by atoms with Crippen LogP contribution in [0.15, 0.2) is 101 Å². The van der Waals surface area contributed by atoms with Crippen LogP contribution in [0.3, 0.4) is 0 Å². The molecule has 0 fully saturated rings. The van der Waals surface area contributed by atoms with E-state index in [9.17, 15) is 9.18 Å². The van der Waals surface area contributed by atoms with Crippen LogP contribution in [-0.4, -0.2) is 23.4 Å². The maximum atomic E-state index is 12.4. The second-order valence-electron chi connectivity index (χ2n) is 6.07.